The van der Waals surface area contributed by atoms with Crippen molar-refractivity contribution < 1.29 is 38.2 Å². The van der Waals surface area contributed by atoms with E-state index in [4.69, 9.17) is 9.47 Å². The number of nitrogens with zero attached hydrogens (tertiary/aromatic N) is 1. The minimum atomic E-state index is -1.26. The maximum Gasteiger partial charge on any atom is 0.329 e. The van der Waals surface area contributed by atoms with Crippen LogP contribution in [0, 0.1) is 35.5 Å². The number of carbonyl (C=O) groups is 6. The smallest absolute Gasteiger partial charge is 0.329 e. The van der Waals surface area contributed by atoms with E-state index in [1.807, 2.05) is 27.7 Å². The monoisotopic (exact) mass is 638 g/mol. The number of likely N-dealkylation sites (N-methyl/N-ethyl adjacent to an activating group) is 1. The fraction of sp³-hybridized carbons (Fsp3) is 0.818. The zero-order valence-corrected chi connectivity index (χ0v) is 29.4. The summed E-state index contributed by atoms with van der Waals surface area (Å²) in [4.78, 5) is 81.9. The van der Waals surface area contributed by atoms with Crippen LogP contribution in [0.3, 0.4) is 0 Å². The fourth-order valence-corrected chi connectivity index (χ4v) is 5.09. The lowest BCUT2D eigenvalue weighted by Crippen LogP contribution is -2.58. The lowest BCUT2D eigenvalue weighted by molar-refractivity contribution is -0.163. The van der Waals surface area contributed by atoms with Gasteiger partial charge in [-0.3, -0.25) is 19.2 Å². The van der Waals surface area contributed by atoms with Crippen LogP contribution in [0.25, 0.3) is 0 Å². The van der Waals surface area contributed by atoms with E-state index in [0.717, 1.165) is 0 Å². The lowest BCUT2D eigenvalue weighted by atomic mass is 9.97. The van der Waals surface area contributed by atoms with E-state index in [9.17, 15) is 28.8 Å². The molecule has 3 N–H and O–H groups in total. The molecular formula is C33H58N4O8. The highest BCUT2D eigenvalue weighted by Crippen LogP contribution is 2.19. The maximum absolute atomic E-state index is 13.8. The van der Waals surface area contributed by atoms with Gasteiger partial charge in [0.1, 0.15) is 24.2 Å². The summed E-state index contributed by atoms with van der Waals surface area (Å²) in [7, 11) is 1.51. The van der Waals surface area contributed by atoms with Gasteiger partial charge >= 0.3 is 11.9 Å². The predicted molar refractivity (Wildman–Crippen MR) is 170 cm³/mol. The number of hydrogen-bond donors (Lipinski definition) is 3. The van der Waals surface area contributed by atoms with Crippen molar-refractivity contribution in [3.8, 4) is 0 Å². The molecule has 1 aliphatic rings. The van der Waals surface area contributed by atoms with E-state index in [-0.39, 0.29) is 49.0 Å². The van der Waals surface area contributed by atoms with Gasteiger partial charge in [-0.2, -0.15) is 0 Å². The van der Waals surface area contributed by atoms with Gasteiger partial charge in [0.15, 0.2) is 6.10 Å². The van der Waals surface area contributed by atoms with Gasteiger partial charge in [0, 0.05) is 13.5 Å². The number of cyclic esters (lactones) is 2. The Kier molecular flexibility index (Phi) is 16.0. The number of esters is 2. The third-order valence-corrected chi connectivity index (χ3v) is 7.74. The lowest BCUT2D eigenvalue weighted by Gasteiger charge is -2.34. The number of ether oxygens (including phenoxy) is 2. The van der Waals surface area contributed by atoms with Crippen molar-refractivity contribution in [1.29, 1.82) is 0 Å². The van der Waals surface area contributed by atoms with Gasteiger partial charge in [-0.25, -0.2) is 9.59 Å². The van der Waals surface area contributed by atoms with Crippen molar-refractivity contribution >= 4 is 35.6 Å². The molecule has 0 aliphatic carbocycles. The predicted octanol–water partition coefficient (Wildman–Crippen LogP) is 2.82. The highest BCUT2D eigenvalue weighted by Gasteiger charge is 2.39. The molecule has 1 aliphatic heterocycles. The molecule has 0 aromatic rings. The number of hydrogen-bond acceptors (Lipinski definition) is 8. The molecule has 0 spiro atoms. The Bertz CT molecular complexity index is 1040. The molecule has 12 heteroatoms. The molecule has 6 atom stereocenters. The molecule has 0 unspecified atom stereocenters. The summed E-state index contributed by atoms with van der Waals surface area (Å²) in [5.41, 5.74) is 0. The molecule has 0 saturated carbocycles. The van der Waals surface area contributed by atoms with E-state index in [0.29, 0.717) is 6.42 Å². The second kappa shape index (κ2) is 18.1. The zero-order chi connectivity index (χ0) is 34.8. The third kappa shape index (κ3) is 12.6. The standard InChI is InChI=1S/C33H58N4O8/c1-17(2)13-23-32(42)45-28(21(9)10)30(40)36-27(20(7)8)31(41)37(12)24(14-18(3)4)33(43)44-16-22(11)15-25(38)35-26(19(5)6)29(39)34-23/h17-24,26-28H,13-16H2,1-12H3,(H,34,39)(H,35,38)(H,36,40)/t22-,23+,24+,26+,27+,28+/m0/s1. The molecule has 0 aromatic carbocycles. The van der Waals surface area contributed by atoms with Crippen molar-refractivity contribution in [2.45, 2.75) is 126 Å². The normalized spacial score (nSPS) is 27.4. The van der Waals surface area contributed by atoms with Crippen LogP contribution in [0.5, 0.6) is 0 Å². The van der Waals surface area contributed by atoms with Gasteiger partial charge in [0.2, 0.25) is 17.7 Å². The summed E-state index contributed by atoms with van der Waals surface area (Å²) >= 11 is 0. The Morgan fingerprint density at radius 2 is 1.27 bits per heavy atom. The Labute approximate surface area is 269 Å². The van der Waals surface area contributed by atoms with Crippen LogP contribution < -0.4 is 16.0 Å². The molecule has 0 aromatic heterocycles. The van der Waals surface area contributed by atoms with Crippen LogP contribution in [-0.2, 0) is 38.2 Å². The fourth-order valence-electron chi connectivity index (χ4n) is 5.09. The van der Waals surface area contributed by atoms with E-state index in [1.165, 1.54) is 11.9 Å². The van der Waals surface area contributed by atoms with E-state index in [2.05, 4.69) is 16.0 Å². The largest absolute Gasteiger partial charge is 0.464 e. The van der Waals surface area contributed by atoms with Crippen molar-refractivity contribution in [3.63, 3.8) is 0 Å². The number of rotatable bonds is 7. The summed E-state index contributed by atoms with van der Waals surface area (Å²) < 4.78 is 11.3. The first-order valence-electron chi connectivity index (χ1n) is 16.3. The molecule has 1 saturated heterocycles. The maximum atomic E-state index is 13.8. The Balaban J connectivity index is 3.61. The Morgan fingerprint density at radius 1 is 0.711 bits per heavy atom. The van der Waals surface area contributed by atoms with Crippen molar-refractivity contribution in [1.82, 2.24) is 20.9 Å². The zero-order valence-electron chi connectivity index (χ0n) is 29.4. The average molecular weight is 639 g/mol. The molecule has 0 bridgehead atoms. The first kappa shape index (κ1) is 39.8. The molecule has 45 heavy (non-hydrogen) atoms. The highest BCUT2D eigenvalue weighted by molar-refractivity contribution is 5.94. The molecule has 1 heterocycles. The molecule has 1 rings (SSSR count). The summed E-state index contributed by atoms with van der Waals surface area (Å²) in [6.45, 7) is 19.8. The van der Waals surface area contributed by atoms with Crippen LogP contribution in [0.15, 0.2) is 0 Å². The first-order chi connectivity index (χ1) is 20.8. The van der Waals surface area contributed by atoms with E-state index < -0.39 is 71.8 Å². The minimum absolute atomic E-state index is 0.00682. The molecule has 0 radical (unpaired) electrons. The van der Waals surface area contributed by atoms with E-state index >= 15 is 0 Å². The third-order valence-electron chi connectivity index (χ3n) is 7.74. The van der Waals surface area contributed by atoms with E-state index in [1.54, 1.807) is 48.5 Å². The molecule has 4 amide bonds. The van der Waals surface area contributed by atoms with Crippen molar-refractivity contribution in [2.75, 3.05) is 13.7 Å². The molecular weight excluding hydrogens is 580 g/mol. The van der Waals surface area contributed by atoms with Crippen molar-refractivity contribution in [3.05, 3.63) is 0 Å². The van der Waals surface area contributed by atoms with Gasteiger partial charge in [0.25, 0.3) is 5.91 Å². The number of carbonyl (C=O) groups excluding carboxylic acids is 6. The summed E-state index contributed by atoms with van der Waals surface area (Å²) in [6, 6.07) is -3.95. The van der Waals surface area contributed by atoms with Gasteiger partial charge in [-0.05, 0) is 48.3 Å². The van der Waals surface area contributed by atoms with Crippen LogP contribution in [0.4, 0.5) is 0 Å². The second-order valence-electron chi connectivity index (χ2n) is 14.3. The first-order valence-corrected chi connectivity index (χ1v) is 16.3. The highest BCUT2D eigenvalue weighted by atomic mass is 16.6. The molecule has 1 fully saturated rings. The van der Waals surface area contributed by atoms with Crippen LogP contribution in [-0.4, -0.2) is 84.4 Å². The van der Waals surface area contributed by atoms with Crippen LogP contribution in [0.1, 0.15) is 95.4 Å². The Hall–Kier alpha value is -3.18. The molecule has 12 nitrogen and oxygen atoms in total. The molecule has 258 valence electrons. The quantitative estimate of drug-likeness (QED) is 0.359. The van der Waals surface area contributed by atoms with Gasteiger partial charge in [0.05, 0.1) is 6.61 Å². The summed E-state index contributed by atoms with van der Waals surface area (Å²) in [6.07, 6.45) is -0.702. The summed E-state index contributed by atoms with van der Waals surface area (Å²) in [5, 5.41) is 8.25. The van der Waals surface area contributed by atoms with Gasteiger partial charge in [-0.15, -0.1) is 0 Å². The van der Waals surface area contributed by atoms with Gasteiger partial charge in [-0.1, -0.05) is 76.2 Å². The summed E-state index contributed by atoms with van der Waals surface area (Å²) in [5.74, 6) is -4.97. The number of nitrogens with one attached hydrogen (secondary N) is 3. The minimum Gasteiger partial charge on any atom is -0.464 e. The topological polar surface area (TPSA) is 160 Å². The SMILES string of the molecule is CC(C)C[C@@H]1C(=O)OC[C@@H](C)CC(=O)N[C@H](C(C)C)C(=O)N[C@H](CC(C)C)C(=O)O[C@H](C(C)C)C(=O)N[C@H](C(C)C)C(=O)N1C. The average Bonchev–Trinajstić information content (AvgIpc) is 2.91. The van der Waals surface area contributed by atoms with Crippen LogP contribution >= 0.6 is 0 Å². The second-order valence-corrected chi connectivity index (χ2v) is 14.3. The Morgan fingerprint density at radius 3 is 1.76 bits per heavy atom. The van der Waals surface area contributed by atoms with Crippen LogP contribution in [0.2, 0.25) is 0 Å². The van der Waals surface area contributed by atoms with Gasteiger partial charge < -0.3 is 30.3 Å². The van der Waals surface area contributed by atoms with Crippen molar-refractivity contribution in [2.24, 2.45) is 35.5 Å². The number of amides is 4.